The van der Waals surface area contributed by atoms with Gasteiger partial charge in [-0.3, -0.25) is 0 Å². The van der Waals surface area contributed by atoms with Gasteiger partial charge in [0.1, 0.15) is 0 Å². The zero-order valence-electron chi connectivity index (χ0n) is 11.4. The first kappa shape index (κ1) is 13.9. The topological polar surface area (TPSA) is 98.2 Å². The van der Waals surface area contributed by atoms with Crippen molar-refractivity contribution in [3.05, 3.63) is 53.6 Å². The summed E-state index contributed by atoms with van der Waals surface area (Å²) in [6.45, 7) is 0. The van der Waals surface area contributed by atoms with Crippen molar-refractivity contribution in [2.75, 3.05) is 11.1 Å². The van der Waals surface area contributed by atoms with Crippen LogP contribution < -0.4 is 16.2 Å². The van der Waals surface area contributed by atoms with Crippen molar-refractivity contribution in [3.8, 4) is 0 Å². The highest BCUT2D eigenvalue weighted by Gasteiger charge is 2.21. The van der Waals surface area contributed by atoms with E-state index >= 15 is 0 Å². The van der Waals surface area contributed by atoms with Gasteiger partial charge in [-0.1, -0.05) is 24.3 Å². The number of primary sulfonamides is 1. The van der Waals surface area contributed by atoms with Gasteiger partial charge in [-0.25, -0.2) is 13.6 Å². The molecule has 3 rings (SSSR count). The summed E-state index contributed by atoms with van der Waals surface area (Å²) in [4.78, 5) is 0.0645. The number of nitrogens with two attached hydrogens (primary N) is 2. The third-order valence-electron chi connectivity index (χ3n) is 3.76. The van der Waals surface area contributed by atoms with E-state index in [4.69, 9.17) is 10.9 Å². The first-order chi connectivity index (χ1) is 9.93. The van der Waals surface area contributed by atoms with Gasteiger partial charge < -0.3 is 11.1 Å². The molecule has 0 heterocycles. The summed E-state index contributed by atoms with van der Waals surface area (Å²) in [6.07, 6.45) is 1.80. The Balaban J connectivity index is 1.84. The van der Waals surface area contributed by atoms with E-state index in [9.17, 15) is 8.42 Å². The third kappa shape index (κ3) is 2.86. The molecule has 0 saturated carbocycles. The highest BCUT2D eigenvalue weighted by molar-refractivity contribution is 7.89. The number of nitrogen functional groups attached to an aromatic ring is 1. The van der Waals surface area contributed by atoms with Crippen molar-refractivity contribution in [1.82, 2.24) is 0 Å². The zero-order valence-corrected chi connectivity index (χ0v) is 12.2. The van der Waals surface area contributed by atoms with E-state index in [0.29, 0.717) is 11.4 Å². The van der Waals surface area contributed by atoms with Crippen molar-refractivity contribution < 1.29 is 8.42 Å². The molecule has 5 N–H and O–H groups in total. The molecule has 0 bridgehead atoms. The van der Waals surface area contributed by atoms with Crippen molar-refractivity contribution >= 4 is 21.4 Å². The molecule has 6 heteroatoms. The maximum absolute atomic E-state index is 11.4. The Kier molecular flexibility index (Phi) is 3.35. The minimum absolute atomic E-state index is 0.0645. The van der Waals surface area contributed by atoms with Gasteiger partial charge in [-0.15, -0.1) is 0 Å². The van der Waals surface area contributed by atoms with Crippen LogP contribution in [0.1, 0.15) is 11.1 Å². The number of sulfonamides is 1. The van der Waals surface area contributed by atoms with Crippen LogP contribution in [0.2, 0.25) is 0 Å². The standard InChI is InChI=1S/C15H17N3O2S/c16-14-6-5-13(21(17,19)20)9-15(14)18-12-7-10-3-1-2-4-11(10)8-12/h1-6,9,12,18H,7-8,16H2,(H2,17,19,20). The fourth-order valence-electron chi connectivity index (χ4n) is 2.72. The van der Waals surface area contributed by atoms with E-state index in [1.54, 1.807) is 6.07 Å². The largest absolute Gasteiger partial charge is 0.397 e. The molecule has 0 atom stereocenters. The summed E-state index contributed by atoms with van der Waals surface area (Å²) < 4.78 is 22.8. The summed E-state index contributed by atoms with van der Waals surface area (Å²) in [7, 11) is -3.72. The molecular weight excluding hydrogens is 286 g/mol. The Morgan fingerprint density at radius 3 is 2.24 bits per heavy atom. The normalized spacial score (nSPS) is 14.9. The fraction of sp³-hybridized carbons (Fsp3) is 0.200. The fourth-order valence-corrected chi connectivity index (χ4v) is 3.26. The predicted octanol–water partition coefficient (Wildman–Crippen LogP) is 1.50. The van der Waals surface area contributed by atoms with Gasteiger partial charge in [0, 0.05) is 6.04 Å². The van der Waals surface area contributed by atoms with Crippen LogP contribution in [0.15, 0.2) is 47.4 Å². The molecular formula is C15H17N3O2S. The quantitative estimate of drug-likeness (QED) is 0.748. The molecule has 5 nitrogen and oxygen atoms in total. The lowest BCUT2D eigenvalue weighted by Crippen LogP contribution is -2.21. The smallest absolute Gasteiger partial charge is 0.238 e. The number of fused-ring (bicyclic) bond motifs is 1. The molecule has 0 spiro atoms. The molecule has 110 valence electrons. The van der Waals surface area contributed by atoms with Gasteiger partial charge >= 0.3 is 0 Å². The van der Waals surface area contributed by atoms with E-state index in [0.717, 1.165) is 12.8 Å². The Morgan fingerprint density at radius 1 is 1.05 bits per heavy atom. The molecule has 0 amide bonds. The summed E-state index contributed by atoms with van der Waals surface area (Å²) in [6, 6.07) is 13.0. The SMILES string of the molecule is Nc1ccc(S(N)(=O)=O)cc1NC1Cc2ccccc2C1. The molecule has 0 saturated heterocycles. The molecule has 1 aliphatic rings. The second kappa shape index (κ2) is 5.05. The number of benzene rings is 2. The van der Waals surface area contributed by atoms with Crippen molar-refractivity contribution in [2.45, 2.75) is 23.8 Å². The summed E-state index contributed by atoms with van der Waals surface area (Å²) in [5, 5.41) is 8.48. The molecule has 21 heavy (non-hydrogen) atoms. The number of anilines is 2. The minimum Gasteiger partial charge on any atom is -0.397 e. The maximum atomic E-state index is 11.4. The number of nitrogens with one attached hydrogen (secondary N) is 1. The molecule has 0 aromatic heterocycles. The lowest BCUT2D eigenvalue weighted by atomic mass is 10.1. The van der Waals surface area contributed by atoms with Crippen LogP contribution in [-0.2, 0) is 22.9 Å². The summed E-state index contributed by atoms with van der Waals surface area (Å²) in [5.41, 5.74) is 9.67. The molecule has 0 aliphatic heterocycles. The van der Waals surface area contributed by atoms with E-state index in [1.807, 2.05) is 12.1 Å². The van der Waals surface area contributed by atoms with E-state index in [-0.39, 0.29) is 10.9 Å². The van der Waals surface area contributed by atoms with E-state index in [1.165, 1.54) is 23.3 Å². The highest BCUT2D eigenvalue weighted by Crippen LogP contribution is 2.28. The van der Waals surface area contributed by atoms with Gasteiger partial charge in [-0.2, -0.15) is 0 Å². The second-order valence-electron chi connectivity index (χ2n) is 5.31. The number of hydrogen-bond acceptors (Lipinski definition) is 4. The number of hydrogen-bond donors (Lipinski definition) is 3. The molecule has 1 aliphatic carbocycles. The lowest BCUT2D eigenvalue weighted by molar-refractivity contribution is 0.598. The first-order valence-electron chi connectivity index (χ1n) is 6.69. The van der Waals surface area contributed by atoms with Gasteiger partial charge in [0.2, 0.25) is 10.0 Å². The Bertz CT molecular complexity index is 762. The lowest BCUT2D eigenvalue weighted by Gasteiger charge is -2.16. The molecule has 0 unspecified atom stereocenters. The average molecular weight is 303 g/mol. The van der Waals surface area contributed by atoms with Gasteiger partial charge in [0.25, 0.3) is 0 Å². The maximum Gasteiger partial charge on any atom is 0.238 e. The zero-order chi connectivity index (χ0) is 15.0. The van der Waals surface area contributed by atoms with Crippen LogP contribution in [0.25, 0.3) is 0 Å². The van der Waals surface area contributed by atoms with Crippen LogP contribution in [0, 0.1) is 0 Å². The summed E-state index contributed by atoms with van der Waals surface area (Å²) in [5.74, 6) is 0. The van der Waals surface area contributed by atoms with E-state index in [2.05, 4.69) is 17.4 Å². The minimum atomic E-state index is -3.72. The van der Waals surface area contributed by atoms with Gasteiger partial charge in [0.05, 0.1) is 16.3 Å². The van der Waals surface area contributed by atoms with Gasteiger partial charge in [0.15, 0.2) is 0 Å². The Morgan fingerprint density at radius 2 is 1.67 bits per heavy atom. The molecule has 0 radical (unpaired) electrons. The van der Waals surface area contributed by atoms with Crippen LogP contribution >= 0.6 is 0 Å². The van der Waals surface area contributed by atoms with Crippen LogP contribution in [0.4, 0.5) is 11.4 Å². The average Bonchev–Trinajstić information content (AvgIpc) is 2.82. The van der Waals surface area contributed by atoms with Crippen LogP contribution in [-0.4, -0.2) is 14.5 Å². The molecule has 0 fully saturated rings. The van der Waals surface area contributed by atoms with Crippen LogP contribution in [0.5, 0.6) is 0 Å². The van der Waals surface area contributed by atoms with E-state index < -0.39 is 10.0 Å². The van der Waals surface area contributed by atoms with Crippen molar-refractivity contribution in [3.63, 3.8) is 0 Å². The van der Waals surface area contributed by atoms with Gasteiger partial charge in [-0.05, 0) is 42.2 Å². The van der Waals surface area contributed by atoms with Crippen LogP contribution in [0.3, 0.4) is 0 Å². The predicted molar refractivity (Wildman–Crippen MR) is 83.5 cm³/mol. The second-order valence-corrected chi connectivity index (χ2v) is 6.87. The monoisotopic (exact) mass is 303 g/mol. The number of rotatable bonds is 3. The first-order valence-corrected chi connectivity index (χ1v) is 8.24. The van der Waals surface area contributed by atoms with Crippen molar-refractivity contribution in [2.24, 2.45) is 5.14 Å². The van der Waals surface area contributed by atoms with Crippen molar-refractivity contribution in [1.29, 1.82) is 0 Å². The molecule has 2 aromatic rings. The highest BCUT2D eigenvalue weighted by atomic mass is 32.2. The summed E-state index contributed by atoms with van der Waals surface area (Å²) >= 11 is 0. The third-order valence-corrected chi connectivity index (χ3v) is 4.67. The Hall–Kier alpha value is -2.05. The molecule has 2 aromatic carbocycles. The Labute approximate surface area is 124 Å².